The third-order valence-electron chi connectivity index (χ3n) is 4.95. The Hall–Kier alpha value is -0.580. The summed E-state index contributed by atoms with van der Waals surface area (Å²) in [4.78, 5) is 2.62. The Balaban J connectivity index is 1.83. The number of hydrogen-bond donors (Lipinski definition) is 1. The van der Waals surface area contributed by atoms with E-state index in [4.69, 9.17) is 17.3 Å². The molecule has 2 unspecified atom stereocenters. The lowest BCUT2D eigenvalue weighted by atomic mass is 9.98. The third-order valence-corrected chi connectivity index (χ3v) is 5.38. The summed E-state index contributed by atoms with van der Waals surface area (Å²) in [5.74, 6) is 0. The van der Waals surface area contributed by atoms with Gasteiger partial charge in [-0.1, -0.05) is 18.5 Å². The summed E-state index contributed by atoms with van der Waals surface area (Å²) in [5.41, 5.74) is 8.38. The zero-order chi connectivity index (χ0) is 14.3. The fourth-order valence-corrected chi connectivity index (χ4v) is 4.24. The lowest BCUT2D eigenvalue weighted by molar-refractivity contribution is 0.116. The largest absolute Gasteiger partial charge is 0.328 e. The number of hydrogen-bond acceptors (Lipinski definition) is 3. The molecule has 0 spiro atoms. The minimum atomic E-state index is 0.390. The molecule has 3 rings (SSSR count). The average Bonchev–Trinajstić information content (AvgIpc) is 2.86. The Labute approximate surface area is 126 Å². The molecule has 2 aliphatic rings. The van der Waals surface area contributed by atoms with E-state index in [2.05, 4.69) is 28.5 Å². The molecule has 0 aliphatic carbocycles. The first-order chi connectivity index (χ1) is 9.63. The Bertz CT molecular complexity index is 470. The van der Waals surface area contributed by atoms with Crippen LogP contribution in [-0.4, -0.2) is 32.8 Å². The van der Waals surface area contributed by atoms with Crippen molar-refractivity contribution in [1.82, 2.24) is 14.7 Å². The van der Waals surface area contributed by atoms with Gasteiger partial charge in [0.25, 0.3) is 0 Å². The molecule has 1 aromatic heterocycles. The molecule has 2 saturated heterocycles. The van der Waals surface area contributed by atoms with Crippen molar-refractivity contribution in [3.63, 3.8) is 0 Å². The predicted octanol–water partition coefficient (Wildman–Crippen LogP) is 2.57. The first kappa shape index (κ1) is 14.4. The highest BCUT2D eigenvalue weighted by atomic mass is 35.5. The highest BCUT2D eigenvalue weighted by Gasteiger charge is 2.40. The van der Waals surface area contributed by atoms with Crippen molar-refractivity contribution in [1.29, 1.82) is 0 Å². The van der Waals surface area contributed by atoms with E-state index in [1.54, 1.807) is 0 Å². The SMILES string of the molecule is CCc1nn(CC)c(CN2C3CCC2CC(N)C3)c1Cl. The zero-order valence-corrected chi connectivity index (χ0v) is 13.2. The van der Waals surface area contributed by atoms with Crippen LogP contribution in [0, 0.1) is 0 Å². The zero-order valence-electron chi connectivity index (χ0n) is 12.5. The molecule has 0 radical (unpaired) electrons. The van der Waals surface area contributed by atoms with Crippen molar-refractivity contribution in [3.05, 3.63) is 16.4 Å². The van der Waals surface area contributed by atoms with Crippen molar-refractivity contribution in [2.24, 2.45) is 5.73 Å². The first-order valence-corrected chi connectivity index (χ1v) is 8.27. The molecule has 2 aliphatic heterocycles. The maximum atomic E-state index is 6.54. The fourth-order valence-electron chi connectivity index (χ4n) is 3.92. The Morgan fingerprint density at radius 1 is 1.25 bits per heavy atom. The van der Waals surface area contributed by atoms with E-state index in [0.29, 0.717) is 18.1 Å². The molecule has 112 valence electrons. The van der Waals surface area contributed by atoms with E-state index in [-0.39, 0.29) is 0 Å². The molecule has 2 bridgehead atoms. The normalized spacial score (nSPS) is 30.1. The minimum Gasteiger partial charge on any atom is -0.328 e. The van der Waals surface area contributed by atoms with Crippen LogP contribution in [0.25, 0.3) is 0 Å². The van der Waals surface area contributed by atoms with Gasteiger partial charge < -0.3 is 5.73 Å². The smallest absolute Gasteiger partial charge is 0.0863 e. The molecule has 20 heavy (non-hydrogen) atoms. The second-order valence-electron chi connectivity index (χ2n) is 6.17. The van der Waals surface area contributed by atoms with Gasteiger partial charge in [-0.3, -0.25) is 9.58 Å². The van der Waals surface area contributed by atoms with Crippen LogP contribution in [0.3, 0.4) is 0 Å². The summed E-state index contributed by atoms with van der Waals surface area (Å²) in [6.07, 6.45) is 5.74. The molecule has 1 aromatic rings. The van der Waals surface area contributed by atoms with E-state index >= 15 is 0 Å². The lowest BCUT2D eigenvalue weighted by Crippen LogP contribution is -2.47. The molecular weight excluding hydrogens is 272 g/mol. The number of fused-ring (bicyclic) bond motifs is 2. The van der Waals surface area contributed by atoms with Crippen LogP contribution in [0.15, 0.2) is 0 Å². The van der Waals surface area contributed by atoms with E-state index in [9.17, 15) is 0 Å². The standard InChI is InChI=1S/C15H25ClN4/c1-3-13-15(16)14(20(4-2)18-13)9-19-11-5-6-12(19)8-10(17)7-11/h10-12H,3-9,17H2,1-2H3. The number of piperidine rings is 1. The second-order valence-corrected chi connectivity index (χ2v) is 6.54. The maximum absolute atomic E-state index is 6.54. The van der Waals surface area contributed by atoms with Gasteiger partial charge >= 0.3 is 0 Å². The molecular formula is C15H25ClN4. The van der Waals surface area contributed by atoms with Gasteiger partial charge in [0.2, 0.25) is 0 Å². The van der Waals surface area contributed by atoms with Crippen LogP contribution in [0.2, 0.25) is 5.02 Å². The summed E-state index contributed by atoms with van der Waals surface area (Å²) in [7, 11) is 0. The summed E-state index contributed by atoms with van der Waals surface area (Å²) in [6, 6.07) is 1.68. The van der Waals surface area contributed by atoms with Crippen LogP contribution >= 0.6 is 11.6 Å². The van der Waals surface area contributed by atoms with Gasteiger partial charge in [0.15, 0.2) is 0 Å². The second kappa shape index (κ2) is 5.66. The van der Waals surface area contributed by atoms with E-state index < -0.39 is 0 Å². The quantitative estimate of drug-likeness (QED) is 0.929. The molecule has 4 nitrogen and oxygen atoms in total. The molecule has 0 aromatic carbocycles. The maximum Gasteiger partial charge on any atom is 0.0863 e. The van der Waals surface area contributed by atoms with Gasteiger partial charge in [-0.2, -0.15) is 5.10 Å². The summed E-state index contributed by atoms with van der Waals surface area (Å²) >= 11 is 6.54. The van der Waals surface area contributed by atoms with E-state index in [1.165, 1.54) is 18.5 Å². The number of aryl methyl sites for hydroxylation is 2. The van der Waals surface area contributed by atoms with E-state index in [0.717, 1.165) is 43.1 Å². The minimum absolute atomic E-state index is 0.390. The van der Waals surface area contributed by atoms with Crippen molar-refractivity contribution in [2.45, 2.75) is 77.2 Å². The molecule has 2 atom stereocenters. The third kappa shape index (κ3) is 2.38. The Kier molecular flexibility index (Phi) is 4.07. The number of nitrogens with zero attached hydrogens (tertiary/aromatic N) is 3. The van der Waals surface area contributed by atoms with Gasteiger partial charge in [0.1, 0.15) is 0 Å². The van der Waals surface area contributed by atoms with Gasteiger partial charge in [-0.25, -0.2) is 0 Å². The van der Waals surface area contributed by atoms with Crippen LogP contribution in [0.4, 0.5) is 0 Å². The number of nitrogens with two attached hydrogens (primary N) is 1. The topological polar surface area (TPSA) is 47.1 Å². The van der Waals surface area contributed by atoms with Crippen molar-refractivity contribution in [2.75, 3.05) is 0 Å². The van der Waals surface area contributed by atoms with Crippen molar-refractivity contribution in [3.8, 4) is 0 Å². The number of halogens is 1. The summed E-state index contributed by atoms with van der Waals surface area (Å²) in [6.45, 7) is 6.06. The van der Waals surface area contributed by atoms with Gasteiger partial charge in [0, 0.05) is 31.2 Å². The predicted molar refractivity (Wildman–Crippen MR) is 81.9 cm³/mol. The van der Waals surface area contributed by atoms with Crippen LogP contribution in [0.1, 0.15) is 50.9 Å². The summed E-state index contributed by atoms with van der Waals surface area (Å²) < 4.78 is 2.08. The number of rotatable bonds is 4. The molecule has 2 fully saturated rings. The van der Waals surface area contributed by atoms with Crippen LogP contribution in [-0.2, 0) is 19.5 Å². The van der Waals surface area contributed by atoms with Gasteiger partial charge in [0.05, 0.1) is 16.4 Å². The van der Waals surface area contributed by atoms with Crippen molar-refractivity contribution < 1.29 is 0 Å². The molecule has 0 saturated carbocycles. The molecule has 2 N–H and O–H groups in total. The van der Waals surface area contributed by atoms with Crippen LogP contribution in [0.5, 0.6) is 0 Å². The highest BCUT2D eigenvalue weighted by Crippen LogP contribution is 2.37. The van der Waals surface area contributed by atoms with E-state index in [1.807, 2.05) is 0 Å². The monoisotopic (exact) mass is 296 g/mol. The Morgan fingerprint density at radius 2 is 1.90 bits per heavy atom. The fraction of sp³-hybridized carbons (Fsp3) is 0.800. The summed E-state index contributed by atoms with van der Waals surface area (Å²) in [5, 5.41) is 5.51. The average molecular weight is 297 g/mol. The van der Waals surface area contributed by atoms with Gasteiger partial charge in [-0.05, 0) is 39.0 Å². The Morgan fingerprint density at radius 3 is 2.45 bits per heavy atom. The highest BCUT2D eigenvalue weighted by molar-refractivity contribution is 6.31. The van der Waals surface area contributed by atoms with Gasteiger partial charge in [-0.15, -0.1) is 0 Å². The lowest BCUT2D eigenvalue weighted by Gasteiger charge is -2.37. The first-order valence-electron chi connectivity index (χ1n) is 7.89. The van der Waals surface area contributed by atoms with Crippen molar-refractivity contribution >= 4 is 11.6 Å². The molecule has 0 amide bonds. The molecule has 3 heterocycles. The number of aromatic nitrogens is 2. The van der Waals surface area contributed by atoms with Crippen LogP contribution < -0.4 is 5.73 Å². The molecule has 5 heteroatoms.